The Morgan fingerprint density at radius 3 is 2.67 bits per heavy atom. The van der Waals surface area contributed by atoms with E-state index in [1.165, 1.54) is 41.2 Å². The summed E-state index contributed by atoms with van der Waals surface area (Å²) in [5, 5.41) is 18.6. The van der Waals surface area contributed by atoms with Gasteiger partial charge in [-0.1, -0.05) is 24.9 Å². The standard InChI is InChI=1S/C23H24N8O6S2/c1-2-3-4-9-37-29-13(17-28-23(24)39-30-17)19(33)27-16(26-18(32)10-5-7-25-8-6-10)11-14(22(35)36)31-20(34)12-15(11)38-21(12)31/h5-8,12,15-16,21H,2-4,9H2,1H3,(H,26,32)(H,27,33)(H,35,36)(H2,24,28,30)/t12?,15?,16?,21-/m0/s1. The van der Waals surface area contributed by atoms with Gasteiger partial charge in [-0.25, -0.2) is 4.79 Å². The molecular weight excluding hydrogens is 548 g/mol. The Morgan fingerprint density at radius 1 is 1.26 bits per heavy atom. The van der Waals surface area contributed by atoms with Gasteiger partial charge in [0.15, 0.2) is 5.13 Å². The number of aromatic nitrogens is 3. The van der Waals surface area contributed by atoms with E-state index in [2.05, 4.69) is 30.1 Å². The molecule has 3 unspecified atom stereocenters. The molecular formula is C23H24N8O6S2. The molecule has 4 atom stereocenters. The molecule has 5 N–H and O–H groups in total. The highest BCUT2D eigenvalue weighted by atomic mass is 32.2. The highest BCUT2D eigenvalue weighted by Crippen LogP contribution is 2.61. The van der Waals surface area contributed by atoms with Gasteiger partial charge in [0, 0.05) is 40.3 Å². The third-order valence-corrected chi connectivity index (χ3v) is 8.55. The van der Waals surface area contributed by atoms with Crippen LogP contribution in [0.2, 0.25) is 0 Å². The molecule has 0 aromatic carbocycles. The number of unbranched alkanes of at least 4 members (excludes halogenated alkanes) is 2. The molecule has 204 valence electrons. The summed E-state index contributed by atoms with van der Waals surface area (Å²) >= 11 is 2.25. The second-order valence-electron chi connectivity index (χ2n) is 8.84. The van der Waals surface area contributed by atoms with Gasteiger partial charge in [0.25, 0.3) is 11.8 Å². The fourth-order valence-corrected chi connectivity index (χ4v) is 6.58. The molecule has 0 radical (unpaired) electrons. The van der Waals surface area contributed by atoms with Crippen LogP contribution in [0.3, 0.4) is 0 Å². The normalized spacial score (nSPS) is 22.0. The number of nitrogens with two attached hydrogens (primary N) is 1. The molecule has 5 aliphatic rings. The quantitative estimate of drug-likeness (QED) is 0.0909. The summed E-state index contributed by atoms with van der Waals surface area (Å²) < 4.78 is 4.05. The van der Waals surface area contributed by atoms with Crippen LogP contribution in [0.5, 0.6) is 0 Å². The van der Waals surface area contributed by atoms with Gasteiger partial charge in [-0.05, 0) is 18.6 Å². The number of aliphatic carboxylic acids is 1. The van der Waals surface area contributed by atoms with Gasteiger partial charge in [0.2, 0.25) is 17.4 Å². The van der Waals surface area contributed by atoms with Crippen molar-refractivity contribution in [3.8, 4) is 0 Å². The number of nitrogen functional groups attached to an aromatic ring is 1. The van der Waals surface area contributed by atoms with E-state index >= 15 is 0 Å². The molecule has 2 saturated heterocycles. The molecule has 14 nitrogen and oxygen atoms in total. The first-order chi connectivity index (χ1) is 18.8. The lowest BCUT2D eigenvalue weighted by Crippen LogP contribution is -2.75. The molecule has 7 heterocycles. The number of thioether (sulfide) groups is 1. The van der Waals surface area contributed by atoms with Crippen LogP contribution in [-0.4, -0.2) is 77.1 Å². The summed E-state index contributed by atoms with van der Waals surface area (Å²) in [7, 11) is 0. The van der Waals surface area contributed by atoms with Crippen LogP contribution in [0.4, 0.5) is 5.13 Å². The minimum absolute atomic E-state index is 0.0827. The zero-order valence-electron chi connectivity index (χ0n) is 20.6. The Bertz CT molecular complexity index is 1380. The lowest BCUT2D eigenvalue weighted by Gasteiger charge is -2.63. The highest BCUT2D eigenvalue weighted by Gasteiger charge is 2.69. The number of oxime groups is 1. The summed E-state index contributed by atoms with van der Waals surface area (Å²) in [6.07, 6.45) is 4.14. The monoisotopic (exact) mass is 572 g/mol. The highest BCUT2D eigenvalue weighted by molar-refractivity contribution is 8.02. The van der Waals surface area contributed by atoms with E-state index in [1.807, 2.05) is 6.92 Å². The number of hydrogen-bond donors (Lipinski definition) is 4. The van der Waals surface area contributed by atoms with Crippen molar-refractivity contribution >= 4 is 57.8 Å². The van der Waals surface area contributed by atoms with Crippen LogP contribution in [0, 0.1) is 5.92 Å². The van der Waals surface area contributed by atoms with E-state index in [0.29, 0.717) is 6.42 Å². The Balaban J connectivity index is 1.48. The molecule has 2 aromatic rings. The second-order valence-corrected chi connectivity index (χ2v) is 10.9. The Labute approximate surface area is 230 Å². The molecule has 2 aromatic heterocycles. The summed E-state index contributed by atoms with van der Waals surface area (Å²) in [6.45, 7) is 2.28. The maximum atomic E-state index is 13.5. The van der Waals surface area contributed by atoms with Crippen LogP contribution < -0.4 is 16.4 Å². The van der Waals surface area contributed by atoms with Crippen LogP contribution >= 0.6 is 23.3 Å². The van der Waals surface area contributed by atoms with Crippen molar-refractivity contribution in [2.45, 2.75) is 43.0 Å². The number of anilines is 1. The number of nitrogens with zero attached hydrogens (tertiary/aromatic N) is 5. The third-order valence-electron chi connectivity index (χ3n) is 6.39. The number of rotatable bonds is 12. The number of hydrogen-bond acceptors (Lipinski definition) is 12. The molecule has 2 fully saturated rings. The van der Waals surface area contributed by atoms with Gasteiger partial charge in [0.05, 0.1) is 11.3 Å². The SMILES string of the molecule is CCCCCON=C(C(=O)NC(NC(=O)c1ccncc1)C1=C(C(=O)O)N2C(=O)C3C1S[C@@H]32)c1nsc(N)n1. The zero-order chi connectivity index (χ0) is 27.7. The number of nitrogens with one attached hydrogen (secondary N) is 2. The van der Waals surface area contributed by atoms with Gasteiger partial charge < -0.3 is 26.3 Å². The zero-order valence-corrected chi connectivity index (χ0v) is 22.2. The van der Waals surface area contributed by atoms with Crippen LogP contribution in [0.1, 0.15) is 42.4 Å². The fraction of sp³-hybridized carbons (Fsp3) is 0.391. The van der Waals surface area contributed by atoms with Gasteiger partial charge in [-0.3, -0.25) is 24.3 Å². The maximum Gasteiger partial charge on any atom is 0.352 e. The minimum atomic E-state index is -1.34. The number of carboxylic acid groups (broad SMARTS) is 1. The van der Waals surface area contributed by atoms with Crippen molar-refractivity contribution < 1.29 is 29.1 Å². The molecule has 0 aliphatic carbocycles. The Kier molecular flexibility index (Phi) is 7.47. The van der Waals surface area contributed by atoms with Crippen molar-refractivity contribution in [1.82, 2.24) is 29.9 Å². The largest absolute Gasteiger partial charge is 0.477 e. The summed E-state index contributed by atoms with van der Waals surface area (Å²) in [5.74, 6) is -3.55. The average molecular weight is 573 g/mol. The smallest absolute Gasteiger partial charge is 0.352 e. The van der Waals surface area contributed by atoms with Gasteiger partial charge in [0.1, 0.15) is 18.5 Å². The van der Waals surface area contributed by atoms with E-state index in [4.69, 9.17) is 10.6 Å². The van der Waals surface area contributed by atoms with E-state index in [9.17, 15) is 24.3 Å². The van der Waals surface area contributed by atoms with Crippen LogP contribution in [0.25, 0.3) is 0 Å². The first-order valence-electron chi connectivity index (χ1n) is 12.1. The summed E-state index contributed by atoms with van der Waals surface area (Å²) in [4.78, 5) is 65.9. The van der Waals surface area contributed by atoms with Crippen molar-refractivity contribution in [2.75, 3.05) is 12.3 Å². The topological polar surface area (TPSA) is 202 Å². The number of amides is 3. The molecule has 3 amide bonds. The Morgan fingerprint density at radius 2 is 2.03 bits per heavy atom. The minimum Gasteiger partial charge on any atom is -0.477 e. The van der Waals surface area contributed by atoms with Crippen LogP contribution in [-0.2, 0) is 19.2 Å². The van der Waals surface area contributed by atoms with Gasteiger partial charge in [-0.2, -0.15) is 9.36 Å². The third kappa shape index (κ3) is 4.92. The average Bonchev–Trinajstić information content (AvgIpc) is 3.35. The van der Waals surface area contributed by atoms with E-state index < -0.39 is 35.1 Å². The maximum absolute atomic E-state index is 13.5. The van der Waals surface area contributed by atoms with E-state index in [1.54, 1.807) is 0 Å². The van der Waals surface area contributed by atoms with Crippen molar-refractivity contribution in [2.24, 2.45) is 11.1 Å². The first-order valence-corrected chi connectivity index (χ1v) is 13.8. The lowest BCUT2D eigenvalue weighted by atomic mass is 9.80. The van der Waals surface area contributed by atoms with Crippen molar-refractivity contribution in [3.05, 3.63) is 47.2 Å². The number of carboxylic acids is 1. The molecule has 16 heteroatoms. The second kappa shape index (κ2) is 11.0. The van der Waals surface area contributed by atoms with Gasteiger partial charge in [-0.15, -0.1) is 11.8 Å². The number of carbonyl (C=O) groups excluding carboxylic acids is 3. The molecule has 0 spiro atoms. The molecule has 0 saturated carbocycles. The fourth-order valence-electron chi connectivity index (χ4n) is 4.51. The number of carbonyl (C=O) groups is 4. The molecule has 39 heavy (non-hydrogen) atoms. The molecule has 5 aliphatic heterocycles. The first kappa shape index (κ1) is 26.6. The molecule has 7 rings (SSSR count). The van der Waals surface area contributed by atoms with Crippen LogP contribution in [0.15, 0.2) is 41.0 Å². The molecule has 4 bridgehead atoms. The lowest BCUT2D eigenvalue weighted by molar-refractivity contribution is -0.156. The number of β-lactam (4-membered cyclic amide) rings is 1. The Hall–Kier alpha value is -4.05. The predicted molar refractivity (Wildman–Crippen MR) is 140 cm³/mol. The van der Waals surface area contributed by atoms with Gasteiger partial charge >= 0.3 is 5.97 Å². The summed E-state index contributed by atoms with van der Waals surface area (Å²) in [6, 6.07) is 2.94. The summed E-state index contributed by atoms with van der Waals surface area (Å²) in [5.41, 5.74) is 5.59. The van der Waals surface area contributed by atoms with Crippen molar-refractivity contribution in [1.29, 1.82) is 0 Å². The van der Waals surface area contributed by atoms with E-state index in [0.717, 1.165) is 24.4 Å². The van der Waals surface area contributed by atoms with Crippen molar-refractivity contribution in [3.63, 3.8) is 0 Å². The number of pyridine rings is 1. The predicted octanol–water partition coefficient (Wildman–Crippen LogP) is 0.551. The van der Waals surface area contributed by atoms with E-state index in [-0.39, 0.29) is 51.4 Å².